The van der Waals surface area contributed by atoms with E-state index in [0.717, 1.165) is 63.7 Å². The number of ether oxygens (including phenoxy) is 3. The topological polar surface area (TPSA) is 78.9 Å². The van der Waals surface area contributed by atoms with Crippen LogP contribution in [-0.4, -0.2) is 37.2 Å². The van der Waals surface area contributed by atoms with Crippen LogP contribution in [0.1, 0.15) is 240 Å². The second-order valence-corrected chi connectivity index (χ2v) is 15.5. The molecule has 0 unspecified atom stereocenters. The van der Waals surface area contributed by atoms with Crippen LogP contribution in [0.4, 0.5) is 0 Å². The van der Waals surface area contributed by atoms with Gasteiger partial charge in [0.25, 0.3) is 0 Å². The monoisotopic (exact) mass is 709 g/mol. The highest BCUT2D eigenvalue weighted by Gasteiger charge is 2.19. The Labute approximate surface area is 310 Å². The van der Waals surface area contributed by atoms with Crippen molar-refractivity contribution in [1.82, 2.24) is 0 Å². The van der Waals surface area contributed by atoms with Gasteiger partial charge in [-0.2, -0.15) is 0 Å². The van der Waals surface area contributed by atoms with Gasteiger partial charge in [0.1, 0.15) is 13.2 Å². The number of esters is 3. The first-order valence-corrected chi connectivity index (χ1v) is 21.9. The van der Waals surface area contributed by atoms with Crippen LogP contribution in [0.2, 0.25) is 0 Å². The minimum Gasteiger partial charge on any atom is -0.462 e. The standard InChI is InChI=1S/C44H84O6/c1-5-7-9-11-13-14-16-21-25-29-33-37-44(47)50-41(38-48-42(45)35-31-27-22-12-10-8-6-2)39-49-43(46)36-32-28-24-20-18-15-17-19-23-26-30-34-40(3)4/h40-41H,5-39H2,1-4H3/t41-/m1/s1. The quantitative estimate of drug-likeness (QED) is 0.0359. The van der Waals surface area contributed by atoms with Crippen LogP contribution >= 0.6 is 0 Å². The molecular weight excluding hydrogens is 624 g/mol. The summed E-state index contributed by atoms with van der Waals surface area (Å²) in [7, 11) is 0. The average Bonchev–Trinajstić information content (AvgIpc) is 3.09. The number of carbonyl (C=O) groups excluding carboxylic acids is 3. The van der Waals surface area contributed by atoms with Gasteiger partial charge in [-0.3, -0.25) is 14.4 Å². The van der Waals surface area contributed by atoms with Crippen molar-refractivity contribution in [3.05, 3.63) is 0 Å². The van der Waals surface area contributed by atoms with Crippen molar-refractivity contribution in [2.45, 2.75) is 246 Å². The van der Waals surface area contributed by atoms with E-state index in [-0.39, 0.29) is 31.1 Å². The van der Waals surface area contributed by atoms with E-state index in [2.05, 4.69) is 27.7 Å². The molecule has 0 aromatic carbocycles. The van der Waals surface area contributed by atoms with E-state index in [4.69, 9.17) is 14.2 Å². The highest BCUT2D eigenvalue weighted by molar-refractivity contribution is 5.71. The number of carbonyl (C=O) groups is 3. The predicted octanol–water partition coefficient (Wildman–Crippen LogP) is 13.6. The first kappa shape index (κ1) is 48.4. The summed E-state index contributed by atoms with van der Waals surface area (Å²) < 4.78 is 16.6. The molecule has 0 N–H and O–H groups in total. The molecule has 0 radical (unpaired) electrons. The van der Waals surface area contributed by atoms with Crippen LogP contribution in [0.5, 0.6) is 0 Å². The van der Waals surface area contributed by atoms with E-state index >= 15 is 0 Å². The Balaban J connectivity index is 4.27. The SMILES string of the molecule is CCCCCCCCCCCCCC(=O)O[C@H](COC(=O)CCCCCCCCC)COC(=O)CCCCCCCCCCCCCC(C)C. The molecular formula is C44H84O6. The second-order valence-electron chi connectivity index (χ2n) is 15.5. The van der Waals surface area contributed by atoms with Gasteiger partial charge < -0.3 is 14.2 Å². The first-order valence-electron chi connectivity index (χ1n) is 21.9. The highest BCUT2D eigenvalue weighted by atomic mass is 16.6. The molecule has 296 valence electrons. The zero-order chi connectivity index (χ0) is 36.8. The Hall–Kier alpha value is -1.59. The Bertz CT molecular complexity index is 751. The molecule has 0 bridgehead atoms. The van der Waals surface area contributed by atoms with Crippen molar-refractivity contribution in [2.24, 2.45) is 5.92 Å². The van der Waals surface area contributed by atoms with Crippen LogP contribution in [0.3, 0.4) is 0 Å². The molecule has 0 aliphatic heterocycles. The van der Waals surface area contributed by atoms with Crippen molar-refractivity contribution < 1.29 is 28.6 Å². The summed E-state index contributed by atoms with van der Waals surface area (Å²) in [4.78, 5) is 37.5. The van der Waals surface area contributed by atoms with E-state index in [0.29, 0.717) is 19.3 Å². The maximum Gasteiger partial charge on any atom is 0.306 e. The van der Waals surface area contributed by atoms with Crippen LogP contribution in [-0.2, 0) is 28.6 Å². The molecule has 1 atom stereocenters. The molecule has 0 heterocycles. The van der Waals surface area contributed by atoms with Gasteiger partial charge in [0.05, 0.1) is 0 Å². The van der Waals surface area contributed by atoms with Gasteiger partial charge in [0.2, 0.25) is 0 Å². The molecule has 0 aliphatic carbocycles. The molecule has 0 spiro atoms. The van der Waals surface area contributed by atoms with Crippen molar-refractivity contribution in [1.29, 1.82) is 0 Å². The summed E-state index contributed by atoms with van der Waals surface area (Å²) in [5.41, 5.74) is 0. The normalized spacial score (nSPS) is 11.9. The van der Waals surface area contributed by atoms with E-state index in [9.17, 15) is 14.4 Å². The second kappa shape index (κ2) is 38.6. The molecule has 0 saturated carbocycles. The maximum absolute atomic E-state index is 12.6. The van der Waals surface area contributed by atoms with Gasteiger partial charge in [-0.1, -0.05) is 201 Å². The van der Waals surface area contributed by atoms with Gasteiger partial charge in [0.15, 0.2) is 6.10 Å². The molecule has 0 fully saturated rings. The number of unbranched alkanes of at least 4 members (excludes halogenated alkanes) is 26. The zero-order valence-corrected chi connectivity index (χ0v) is 33.9. The van der Waals surface area contributed by atoms with Crippen LogP contribution in [0.15, 0.2) is 0 Å². The number of hydrogen-bond acceptors (Lipinski definition) is 6. The van der Waals surface area contributed by atoms with Crippen molar-refractivity contribution in [2.75, 3.05) is 13.2 Å². The Morgan fingerprint density at radius 3 is 0.980 bits per heavy atom. The molecule has 0 aromatic rings. The third-order valence-electron chi connectivity index (χ3n) is 9.79. The van der Waals surface area contributed by atoms with E-state index in [1.165, 1.54) is 135 Å². The summed E-state index contributed by atoms with van der Waals surface area (Å²) in [5, 5.41) is 0. The number of hydrogen-bond donors (Lipinski definition) is 0. The Kier molecular flexibility index (Phi) is 37.4. The zero-order valence-electron chi connectivity index (χ0n) is 33.9. The van der Waals surface area contributed by atoms with Crippen LogP contribution in [0.25, 0.3) is 0 Å². The molecule has 6 nitrogen and oxygen atoms in total. The van der Waals surface area contributed by atoms with Crippen molar-refractivity contribution in [3.63, 3.8) is 0 Å². The largest absolute Gasteiger partial charge is 0.462 e. The lowest BCUT2D eigenvalue weighted by Gasteiger charge is -2.18. The fourth-order valence-corrected chi connectivity index (χ4v) is 6.45. The third-order valence-corrected chi connectivity index (χ3v) is 9.79. The Morgan fingerprint density at radius 1 is 0.380 bits per heavy atom. The molecule has 0 saturated heterocycles. The van der Waals surface area contributed by atoms with Crippen molar-refractivity contribution in [3.8, 4) is 0 Å². The Morgan fingerprint density at radius 2 is 0.660 bits per heavy atom. The van der Waals surface area contributed by atoms with Gasteiger partial charge in [-0.25, -0.2) is 0 Å². The molecule has 50 heavy (non-hydrogen) atoms. The van der Waals surface area contributed by atoms with Gasteiger partial charge in [0, 0.05) is 19.3 Å². The van der Waals surface area contributed by atoms with Gasteiger partial charge in [-0.15, -0.1) is 0 Å². The summed E-state index contributed by atoms with van der Waals surface area (Å²) >= 11 is 0. The minimum atomic E-state index is -0.757. The first-order chi connectivity index (χ1) is 24.4. The fourth-order valence-electron chi connectivity index (χ4n) is 6.45. The van der Waals surface area contributed by atoms with E-state index in [1.54, 1.807) is 0 Å². The summed E-state index contributed by atoms with van der Waals surface area (Å²) in [6.45, 7) is 8.94. The smallest absolute Gasteiger partial charge is 0.306 e. The van der Waals surface area contributed by atoms with Crippen LogP contribution in [0, 0.1) is 5.92 Å². The molecule has 0 amide bonds. The molecule has 0 rings (SSSR count). The fraction of sp³-hybridized carbons (Fsp3) is 0.932. The highest BCUT2D eigenvalue weighted by Crippen LogP contribution is 2.16. The van der Waals surface area contributed by atoms with E-state index < -0.39 is 6.10 Å². The van der Waals surface area contributed by atoms with Gasteiger partial charge in [-0.05, 0) is 25.2 Å². The lowest BCUT2D eigenvalue weighted by Crippen LogP contribution is -2.30. The summed E-state index contributed by atoms with van der Waals surface area (Å²) in [6.07, 6.45) is 36.6. The lowest BCUT2D eigenvalue weighted by molar-refractivity contribution is -0.167. The maximum atomic E-state index is 12.6. The molecule has 0 aliphatic rings. The van der Waals surface area contributed by atoms with Gasteiger partial charge >= 0.3 is 17.9 Å². The van der Waals surface area contributed by atoms with E-state index in [1.807, 2.05) is 0 Å². The minimum absolute atomic E-state index is 0.0645. The summed E-state index contributed by atoms with van der Waals surface area (Å²) in [6, 6.07) is 0. The predicted molar refractivity (Wildman–Crippen MR) is 210 cm³/mol. The lowest BCUT2D eigenvalue weighted by atomic mass is 10.0. The molecule has 0 aromatic heterocycles. The van der Waals surface area contributed by atoms with Crippen LogP contribution < -0.4 is 0 Å². The number of rotatable bonds is 39. The summed E-state index contributed by atoms with van der Waals surface area (Å²) in [5.74, 6) is -0.0366. The molecule has 6 heteroatoms. The average molecular weight is 709 g/mol. The third kappa shape index (κ3) is 37.7. The van der Waals surface area contributed by atoms with Crippen molar-refractivity contribution >= 4 is 17.9 Å².